The summed E-state index contributed by atoms with van der Waals surface area (Å²) in [6.07, 6.45) is 5.36. The number of halogens is 2. The molecule has 0 spiro atoms. The molecule has 0 atom stereocenters. The summed E-state index contributed by atoms with van der Waals surface area (Å²) in [5.41, 5.74) is 1.85. The second-order valence-corrected chi connectivity index (χ2v) is 4.31. The molecule has 4 heteroatoms. The molecule has 2 nitrogen and oxygen atoms in total. The first-order chi connectivity index (χ1) is 7.66. The van der Waals surface area contributed by atoms with Gasteiger partial charge < -0.3 is 4.57 Å². The van der Waals surface area contributed by atoms with Gasteiger partial charge >= 0.3 is 0 Å². The van der Waals surface area contributed by atoms with E-state index in [9.17, 15) is 0 Å². The summed E-state index contributed by atoms with van der Waals surface area (Å²) < 4.78 is 1.94. The Bertz CT molecular complexity index is 504. The fourth-order valence-corrected chi connectivity index (χ4v) is 2.00. The number of allylic oxidation sites excluding steroid dienone is 1. The van der Waals surface area contributed by atoms with Gasteiger partial charge in [-0.15, -0.1) is 0 Å². The van der Waals surface area contributed by atoms with Gasteiger partial charge in [0.25, 0.3) is 0 Å². The molecule has 0 aliphatic carbocycles. The number of hydrogen-bond donors (Lipinski definition) is 0. The molecule has 1 heterocycles. The molecular formula is C12H10Cl2N2. The van der Waals surface area contributed by atoms with Crippen LogP contribution in [0.4, 0.5) is 0 Å². The van der Waals surface area contributed by atoms with Gasteiger partial charge in [-0.1, -0.05) is 35.8 Å². The number of hydrogen-bond acceptors (Lipinski definition) is 1. The van der Waals surface area contributed by atoms with Crippen molar-refractivity contribution in [1.82, 2.24) is 9.55 Å². The van der Waals surface area contributed by atoms with Crippen molar-refractivity contribution in [3.63, 3.8) is 0 Å². The van der Waals surface area contributed by atoms with Crippen LogP contribution < -0.4 is 0 Å². The lowest BCUT2D eigenvalue weighted by Gasteiger charge is -2.09. The van der Waals surface area contributed by atoms with Crippen LogP contribution in [0.5, 0.6) is 0 Å². The van der Waals surface area contributed by atoms with Crippen molar-refractivity contribution >= 4 is 28.8 Å². The SMILES string of the molecule is C=C(Cn1ccnc1)c1ccc(Cl)cc1Cl. The van der Waals surface area contributed by atoms with E-state index >= 15 is 0 Å². The molecule has 82 valence electrons. The van der Waals surface area contributed by atoms with Gasteiger partial charge in [0.1, 0.15) is 0 Å². The average Bonchev–Trinajstić information content (AvgIpc) is 2.70. The van der Waals surface area contributed by atoms with Crippen LogP contribution in [-0.2, 0) is 6.54 Å². The molecule has 1 aromatic heterocycles. The van der Waals surface area contributed by atoms with Gasteiger partial charge in [-0.3, -0.25) is 0 Å². The maximum Gasteiger partial charge on any atom is 0.0949 e. The van der Waals surface area contributed by atoms with Crippen LogP contribution in [0.3, 0.4) is 0 Å². The average molecular weight is 253 g/mol. The molecule has 0 unspecified atom stereocenters. The zero-order valence-corrected chi connectivity index (χ0v) is 10.0. The first kappa shape index (κ1) is 11.2. The van der Waals surface area contributed by atoms with Crippen molar-refractivity contribution in [2.45, 2.75) is 6.54 Å². The van der Waals surface area contributed by atoms with E-state index in [2.05, 4.69) is 11.6 Å². The second kappa shape index (κ2) is 4.73. The highest BCUT2D eigenvalue weighted by Crippen LogP contribution is 2.26. The highest BCUT2D eigenvalue weighted by Gasteiger charge is 2.05. The molecule has 0 saturated heterocycles. The molecule has 0 aliphatic heterocycles. The highest BCUT2D eigenvalue weighted by atomic mass is 35.5. The van der Waals surface area contributed by atoms with Crippen LogP contribution in [-0.4, -0.2) is 9.55 Å². The molecule has 1 aromatic carbocycles. The van der Waals surface area contributed by atoms with Crippen LogP contribution >= 0.6 is 23.2 Å². The molecule has 2 aromatic rings. The van der Waals surface area contributed by atoms with Crippen molar-refractivity contribution in [2.75, 3.05) is 0 Å². The largest absolute Gasteiger partial charge is 0.333 e. The molecule has 0 fully saturated rings. The van der Waals surface area contributed by atoms with Gasteiger partial charge in [0.15, 0.2) is 0 Å². The highest BCUT2D eigenvalue weighted by molar-refractivity contribution is 6.35. The van der Waals surface area contributed by atoms with Crippen molar-refractivity contribution in [2.24, 2.45) is 0 Å². The predicted molar refractivity (Wildman–Crippen MR) is 67.7 cm³/mol. The molecular weight excluding hydrogens is 243 g/mol. The summed E-state index contributed by atoms with van der Waals surface area (Å²) in [5.74, 6) is 0. The van der Waals surface area contributed by atoms with E-state index in [-0.39, 0.29) is 0 Å². The zero-order valence-electron chi connectivity index (χ0n) is 8.53. The minimum atomic E-state index is 0.623. The maximum atomic E-state index is 6.09. The van der Waals surface area contributed by atoms with E-state index in [0.717, 1.165) is 11.1 Å². The third kappa shape index (κ3) is 2.46. The van der Waals surface area contributed by atoms with Crippen molar-refractivity contribution in [1.29, 1.82) is 0 Å². The lowest BCUT2D eigenvalue weighted by molar-refractivity contribution is 0.835. The Morgan fingerprint density at radius 3 is 2.81 bits per heavy atom. The molecule has 0 amide bonds. The molecule has 0 bridgehead atoms. The number of nitrogens with zero attached hydrogens (tertiary/aromatic N) is 2. The minimum absolute atomic E-state index is 0.623. The Balaban J connectivity index is 2.21. The van der Waals surface area contributed by atoms with E-state index in [1.165, 1.54) is 0 Å². The summed E-state index contributed by atoms with van der Waals surface area (Å²) in [6, 6.07) is 5.41. The van der Waals surface area contributed by atoms with E-state index in [0.29, 0.717) is 16.6 Å². The molecule has 2 rings (SSSR count). The van der Waals surface area contributed by atoms with E-state index < -0.39 is 0 Å². The van der Waals surface area contributed by atoms with Gasteiger partial charge in [0.05, 0.1) is 6.33 Å². The van der Waals surface area contributed by atoms with Gasteiger partial charge in [-0.25, -0.2) is 4.98 Å². The smallest absolute Gasteiger partial charge is 0.0949 e. The van der Waals surface area contributed by atoms with Crippen LogP contribution in [0.25, 0.3) is 5.57 Å². The summed E-state index contributed by atoms with van der Waals surface area (Å²) in [6.45, 7) is 4.68. The maximum absolute atomic E-state index is 6.09. The Kier molecular flexibility index (Phi) is 3.32. The summed E-state index contributed by atoms with van der Waals surface area (Å²) in [4.78, 5) is 3.97. The van der Waals surface area contributed by atoms with Crippen LogP contribution in [0.1, 0.15) is 5.56 Å². The predicted octanol–water partition coefficient (Wildman–Crippen LogP) is 3.90. The van der Waals surface area contributed by atoms with E-state index in [4.69, 9.17) is 23.2 Å². The van der Waals surface area contributed by atoms with Gasteiger partial charge in [-0.2, -0.15) is 0 Å². The van der Waals surface area contributed by atoms with Crippen molar-refractivity contribution in [3.8, 4) is 0 Å². The first-order valence-electron chi connectivity index (χ1n) is 4.76. The quantitative estimate of drug-likeness (QED) is 0.811. The van der Waals surface area contributed by atoms with Gasteiger partial charge in [-0.05, 0) is 23.3 Å². The molecule has 0 radical (unpaired) electrons. The number of benzene rings is 1. The topological polar surface area (TPSA) is 17.8 Å². The Hall–Kier alpha value is -1.25. The molecule has 0 aliphatic rings. The molecule has 0 N–H and O–H groups in total. The van der Waals surface area contributed by atoms with Crippen molar-refractivity contribution in [3.05, 3.63) is 59.1 Å². The van der Waals surface area contributed by atoms with Gasteiger partial charge in [0, 0.05) is 29.0 Å². The summed E-state index contributed by atoms with van der Waals surface area (Å²) >= 11 is 11.9. The fourth-order valence-electron chi connectivity index (χ4n) is 1.46. The van der Waals surface area contributed by atoms with Crippen LogP contribution in [0, 0.1) is 0 Å². The van der Waals surface area contributed by atoms with E-state index in [1.54, 1.807) is 18.6 Å². The zero-order chi connectivity index (χ0) is 11.5. The summed E-state index contributed by atoms with van der Waals surface area (Å²) in [5, 5.41) is 1.25. The van der Waals surface area contributed by atoms with Gasteiger partial charge in [0.2, 0.25) is 0 Å². The lowest BCUT2D eigenvalue weighted by Crippen LogP contribution is -1.97. The third-order valence-corrected chi connectivity index (χ3v) is 2.79. The number of rotatable bonds is 3. The number of imidazole rings is 1. The van der Waals surface area contributed by atoms with Crippen LogP contribution in [0.15, 0.2) is 43.5 Å². The first-order valence-corrected chi connectivity index (χ1v) is 5.51. The Morgan fingerprint density at radius 1 is 1.38 bits per heavy atom. The lowest BCUT2D eigenvalue weighted by atomic mass is 10.1. The van der Waals surface area contributed by atoms with Crippen LogP contribution in [0.2, 0.25) is 10.0 Å². The van der Waals surface area contributed by atoms with E-state index in [1.807, 2.05) is 22.9 Å². The number of aromatic nitrogens is 2. The minimum Gasteiger partial charge on any atom is -0.333 e. The molecule has 0 saturated carbocycles. The molecule has 16 heavy (non-hydrogen) atoms. The monoisotopic (exact) mass is 252 g/mol. The summed E-state index contributed by atoms with van der Waals surface area (Å²) in [7, 11) is 0. The fraction of sp³-hybridized carbons (Fsp3) is 0.0833. The Labute approximate surface area is 104 Å². The standard InChI is InChI=1S/C12H10Cl2N2/c1-9(7-16-5-4-15-8-16)11-3-2-10(13)6-12(11)14/h2-6,8H,1,7H2. The third-order valence-electron chi connectivity index (χ3n) is 2.24. The normalized spacial score (nSPS) is 10.4. The Morgan fingerprint density at radius 2 is 2.19 bits per heavy atom. The second-order valence-electron chi connectivity index (χ2n) is 3.46. The van der Waals surface area contributed by atoms with Crippen molar-refractivity contribution < 1.29 is 0 Å².